The second kappa shape index (κ2) is 5.79. The zero-order valence-corrected chi connectivity index (χ0v) is 12.3. The topological polar surface area (TPSA) is 73.4 Å². The van der Waals surface area contributed by atoms with Gasteiger partial charge in [0.15, 0.2) is 5.78 Å². The van der Waals surface area contributed by atoms with Crippen molar-refractivity contribution in [1.29, 1.82) is 0 Å². The molecule has 1 atom stereocenters. The van der Waals surface area contributed by atoms with E-state index >= 15 is 0 Å². The number of hydrogen-bond acceptors (Lipinski definition) is 3. The highest BCUT2D eigenvalue weighted by molar-refractivity contribution is 6.02. The first kappa shape index (κ1) is 14.8. The van der Waals surface area contributed by atoms with Gasteiger partial charge >= 0.3 is 0 Å². The minimum atomic E-state index is -0.433. The van der Waals surface area contributed by atoms with Gasteiger partial charge in [-0.1, -0.05) is 13.3 Å². The maximum absolute atomic E-state index is 12.5. The van der Waals surface area contributed by atoms with Gasteiger partial charge < -0.3 is 15.0 Å². The molecule has 0 radical (unpaired) electrons. The number of aliphatic hydroxyl groups is 1. The van der Waals surface area contributed by atoms with Crippen molar-refractivity contribution in [2.24, 2.45) is 0 Å². The van der Waals surface area contributed by atoms with Crippen LogP contribution in [-0.4, -0.2) is 45.9 Å². The molecule has 1 amide bonds. The van der Waals surface area contributed by atoms with Gasteiger partial charge in [0, 0.05) is 24.3 Å². The lowest BCUT2D eigenvalue weighted by Crippen LogP contribution is -2.30. The number of aromatic amines is 1. The Balaban J connectivity index is 2.38. The number of likely N-dealkylation sites (tertiary alicyclic amines) is 1. The molecule has 1 saturated heterocycles. The van der Waals surface area contributed by atoms with Crippen molar-refractivity contribution in [3.63, 3.8) is 0 Å². The molecule has 0 bridgehead atoms. The van der Waals surface area contributed by atoms with Crippen LogP contribution < -0.4 is 0 Å². The summed E-state index contributed by atoms with van der Waals surface area (Å²) in [6.07, 6.45) is 1.77. The van der Waals surface area contributed by atoms with Crippen LogP contribution >= 0.6 is 0 Å². The van der Waals surface area contributed by atoms with Gasteiger partial charge in [-0.25, -0.2) is 0 Å². The minimum absolute atomic E-state index is 0.0114. The Morgan fingerprint density at radius 1 is 1.45 bits per heavy atom. The van der Waals surface area contributed by atoms with Gasteiger partial charge in [-0.15, -0.1) is 0 Å². The number of aryl methyl sites for hydroxylation is 1. The van der Waals surface area contributed by atoms with E-state index in [0.29, 0.717) is 37.2 Å². The Hall–Kier alpha value is -1.62. The molecule has 1 fully saturated rings. The fourth-order valence-electron chi connectivity index (χ4n) is 2.92. The quantitative estimate of drug-likeness (QED) is 0.823. The number of aliphatic hydroxyl groups excluding tert-OH is 1. The van der Waals surface area contributed by atoms with E-state index in [0.717, 1.165) is 17.7 Å². The summed E-state index contributed by atoms with van der Waals surface area (Å²) in [5, 5.41) is 9.56. The summed E-state index contributed by atoms with van der Waals surface area (Å²) in [5.74, 6) is -0.122. The normalized spacial score (nSPS) is 18.6. The molecule has 1 aromatic heterocycles. The van der Waals surface area contributed by atoms with Gasteiger partial charge in [0.2, 0.25) is 0 Å². The fourth-order valence-corrected chi connectivity index (χ4v) is 2.92. The summed E-state index contributed by atoms with van der Waals surface area (Å²) in [7, 11) is 0. The van der Waals surface area contributed by atoms with E-state index in [2.05, 4.69) is 4.98 Å². The SMILES string of the molecule is CCCc1c(C(=O)N2CC[C@H](O)C2)[nH]c(C)c1C(C)=O. The molecular weight excluding hydrogens is 256 g/mol. The number of amides is 1. The van der Waals surface area contributed by atoms with E-state index in [-0.39, 0.29) is 11.7 Å². The molecule has 0 spiro atoms. The van der Waals surface area contributed by atoms with E-state index < -0.39 is 6.10 Å². The predicted octanol–water partition coefficient (Wildman–Crippen LogP) is 1.69. The van der Waals surface area contributed by atoms with Crippen LogP contribution in [0.3, 0.4) is 0 Å². The molecule has 5 heteroatoms. The van der Waals surface area contributed by atoms with Crippen LogP contribution in [0, 0.1) is 6.92 Å². The van der Waals surface area contributed by atoms with E-state index in [9.17, 15) is 14.7 Å². The molecule has 1 aliphatic rings. The van der Waals surface area contributed by atoms with Crippen molar-refractivity contribution in [2.75, 3.05) is 13.1 Å². The van der Waals surface area contributed by atoms with Crippen LogP contribution in [0.15, 0.2) is 0 Å². The maximum Gasteiger partial charge on any atom is 0.270 e. The minimum Gasteiger partial charge on any atom is -0.391 e. The average Bonchev–Trinajstić information content (AvgIpc) is 2.93. The van der Waals surface area contributed by atoms with Crippen LogP contribution in [0.2, 0.25) is 0 Å². The monoisotopic (exact) mass is 278 g/mol. The number of hydrogen-bond donors (Lipinski definition) is 2. The van der Waals surface area contributed by atoms with Gasteiger partial charge in [0.25, 0.3) is 5.91 Å². The largest absolute Gasteiger partial charge is 0.391 e. The van der Waals surface area contributed by atoms with Gasteiger partial charge in [-0.05, 0) is 32.3 Å². The fraction of sp³-hybridized carbons (Fsp3) is 0.600. The highest BCUT2D eigenvalue weighted by Crippen LogP contribution is 2.24. The number of aromatic nitrogens is 1. The summed E-state index contributed by atoms with van der Waals surface area (Å²) in [4.78, 5) is 29.1. The van der Waals surface area contributed by atoms with Gasteiger partial charge in [-0.3, -0.25) is 9.59 Å². The number of nitrogens with zero attached hydrogens (tertiary/aromatic N) is 1. The number of carbonyl (C=O) groups excluding carboxylic acids is 2. The van der Waals surface area contributed by atoms with Crippen LogP contribution in [0.4, 0.5) is 0 Å². The second-order valence-corrected chi connectivity index (χ2v) is 5.48. The first-order chi connectivity index (χ1) is 9.45. The van der Waals surface area contributed by atoms with Gasteiger partial charge in [0.1, 0.15) is 5.69 Å². The van der Waals surface area contributed by atoms with Crippen LogP contribution in [0.25, 0.3) is 0 Å². The predicted molar refractivity (Wildman–Crippen MR) is 76.1 cm³/mol. The van der Waals surface area contributed by atoms with Crippen molar-refractivity contribution in [1.82, 2.24) is 9.88 Å². The molecule has 0 saturated carbocycles. The molecule has 0 unspecified atom stereocenters. The number of carbonyl (C=O) groups is 2. The second-order valence-electron chi connectivity index (χ2n) is 5.48. The smallest absolute Gasteiger partial charge is 0.270 e. The number of H-pyrrole nitrogens is 1. The third-order valence-electron chi connectivity index (χ3n) is 3.81. The molecule has 110 valence electrons. The van der Waals surface area contributed by atoms with E-state index in [4.69, 9.17) is 0 Å². The summed E-state index contributed by atoms with van der Waals surface area (Å²) in [6.45, 7) is 6.33. The van der Waals surface area contributed by atoms with Gasteiger partial charge in [-0.2, -0.15) is 0 Å². The van der Waals surface area contributed by atoms with Gasteiger partial charge in [0.05, 0.1) is 6.10 Å². The summed E-state index contributed by atoms with van der Waals surface area (Å²) < 4.78 is 0. The Kier molecular flexibility index (Phi) is 4.28. The van der Waals surface area contributed by atoms with Crippen LogP contribution in [-0.2, 0) is 6.42 Å². The van der Waals surface area contributed by atoms with Crippen molar-refractivity contribution >= 4 is 11.7 Å². The Morgan fingerprint density at radius 3 is 2.65 bits per heavy atom. The van der Waals surface area contributed by atoms with Crippen molar-refractivity contribution in [3.05, 3.63) is 22.5 Å². The van der Waals surface area contributed by atoms with Crippen LogP contribution in [0.5, 0.6) is 0 Å². The van der Waals surface area contributed by atoms with Crippen LogP contribution in [0.1, 0.15) is 58.8 Å². The number of β-amino-alcohol motifs (C(OH)–C–C–N with tert-alkyl or cyclic N) is 1. The molecule has 2 rings (SSSR count). The Labute approximate surface area is 119 Å². The van der Waals surface area contributed by atoms with Crippen molar-refractivity contribution in [3.8, 4) is 0 Å². The summed E-state index contributed by atoms with van der Waals surface area (Å²) >= 11 is 0. The third-order valence-corrected chi connectivity index (χ3v) is 3.81. The highest BCUT2D eigenvalue weighted by atomic mass is 16.3. The summed E-state index contributed by atoms with van der Waals surface area (Å²) in [5.41, 5.74) is 2.74. The van der Waals surface area contributed by atoms with E-state index in [1.165, 1.54) is 6.92 Å². The molecule has 2 heterocycles. The lowest BCUT2D eigenvalue weighted by molar-refractivity contribution is 0.0758. The standard InChI is InChI=1S/C15H22N2O3/c1-4-5-12-13(10(3)18)9(2)16-14(12)15(20)17-7-6-11(19)8-17/h11,16,19H,4-8H2,1-3H3/t11-/m0/s1. The molecule has 0 aromatic carbocycles. The Bertz CT molecular complexity index is 533. The lowest BCUT2D eigenvalue weighted by Gasteiger charge is -2.15. The molecule has 20 heavy (non-hydrogen) atoms. The molecule has 2 N–H and O–H groups in total. The van der Waals surface area contributed by atoms with Crippen molar-refractivity contribution < 1.29 is 14.7 Å². The molecular formula is C15H22N2O3. The first-order valence-corrected chi connectivity index (χ1v) is 7.15. The zero-order valence-electron chi connectivity index (χ0n) is 12.3. The number of ketones is 1. The molecule has 5 nitrogen and oxygen atoms in total. The third kappa shape index (κ3) is 2.63. The molecule has 1 aliphatic heterocycles. The van der Waals surface area contributed by atoms with E-state index in [1.54, 1.807) is 4.90 Å². The lowest BCUT2D eigenvalue weighted by atomic mass is 10.0. The average molecular weight is 278 g/mol. The Morgan fingerprint density at radius 2 is 2.15 bits per heavy atom. The molecule has 1 aromatic rings. The van der Waals surface area contributed by atoms with E-state index in [1.807, 2.05) is 13.8 Å². The number of Topliss-reactive ketones (excluding diaryl/α,β-unsaturated/α-hetero) is 1. The highest BCUT2D eigenvalue weighted by Gasteiger charge is 2.29. The first-order valence-electron chi connectivity index (χ1n) is 7.15. The zero-order chi connectivity index (χ0) is 14.9. The number of nitrogens with one attached hydrogen (secondary N) is 1. The summed E-state index contributed by atoms with van der Waals surface area (Å²) in [6, 6.07) is 0. The van der Waals surface area contributed by atoms with Crippen molar-refractivity contribution in [2.45, 2.75) is 46.1 Å². The molecule has 0 aliphatic carbocycles. The maximum atomic E-state index is 12.5. The number of rotatable bonds is 4.